The van der Waals surface area contributed by atoms with Gasteiger partial charge in [0.25, 0.3) is 0 Å². The van der Waals surface area contributed by atoms with Gasteiger partial charge in [-0.3, -0.25) is 0 Å². The van der Waals surface area contributed by atoms with Crippen LogP contribution in [0.4, 0.5) is 0 Å². The number of fused-ring (bicyclic) bond motifs is 1. The van der Waals surface area contributed by atoms with Gasteiger partial charge in [0.05, 0.1) is 6.04 Å². The Bertz CT molecular complexity index is 390. The monoisotopic (exact) mass is 248 g/mol. The lowest BCUT2D eigenvalue weighted by Gasteiger charge is -2.22. The Kier molecular flexibility index (Phi) is 4.61. The summed E-state index contributed by atoms with van der Waals surface area (Å²) in [5.74, 6) is 1.04. The maximum absolute atomic E-state index is 6.03. The van der Waals surface area contributed by atoms with Crippen molar-refractivity contribution >= 4 is 0 Å². The number of ether oxygens (including phenoxy) is 1. The Balaban J connectivity index is 1.97. The number of benzene rings is 1. The molecule has 18 heavy (non-hydrogen) atoms. The summed E-state index contributed by atoms with van der Waals surface area (Å²) >= 11 is 0. The molecule has 1 aliphatic carbocycles. The van der Waals surface area contributed by atoms with Crippen molar-refractivity contribution in [2.75, 3.05) is 27.2 Å². The third-order valence-corrected chi connectivity index (χ3v) is 3.41. The van der Waals surface area contributed by atoms with Gasteiger partial charge in [-0.1, -0.05) is 12.1 Å². The molecule has 0 spiro atoms. The normalized spacial score (nSPS) is 16.4. The van der Waals surface area contributed by atoms with Crippen LogP contribution in [-0.4, -0.2) is 38.2 Å². The van der Waals surface area contributed by atoms with Crippen LogP contribution in [0.15, 0.2) is 18.2 Å². The highest BCUT2D eigenvalue weighted by Crippen LogP contribution is 2.29. The lowest BCUT2D eigenvalue weighted by Crippen LogP contribution is -2.38. The second-order valence-corrected chi connectivity index (χ2v) is 5.43. The van der Waals surface area contributed by atoms with Gasteiger partial charge in [0.1, 0.15) is 12.4 Å². The largest absolute Gasteiger partial charge is 0.492 e. The van der Waals surface area contributed by atoms with E-state index in [4.69, 9.17) is 10.5 Å². The Morgan fingerprint density at radius 2 is 2.06 bits per heavy atom. The van der Waals surface area contributed by atoms with Crippen molar-refractivity contribution in [1.29, 1.82) is 0 Å². The van der Waals surface area contributed by atoms with E-state index in [9.17, 15) is 0 Å². The third-order valence-electron chi connectivity index (χ3n) is 3.41. The van der Waals surface area contributed by atoms with Gasteiger partial charge in [-0.15, -0.1) is 0 Å². The zero-order chi connectivity index (χ0) is 13.0. The molecule has 0 radical (unpaired) electrons. The number of hydrogen-bond acceptors (Lipinski definition) is 3. The highest BCUT2D eigenvalue weighted by molar-refractivity contribution is 5.41. The fraction of sp³-hybridized carbons (Fsp3) is 0.600. The van der Waals surface area contributed by atoms with Crippen LogP contribution in [-0.2, 0) is 12.8 Å². The van der Waals surface area contributed by atoms with Crippen LogP contribution in [0, 0.1) is 0 Å². The van der Waals surface area contributed by atoms with Gasteiger partial charge < -0.3 is 15.4 Å². The second kappa shape index (κ2) is 6.21. The van der Waals surface area contributed by atoms with E-state index in [-0.39, 0.29) is 6.04 Å². The molecule has 1 aromatic rings. The van der Waals surface area contributed by atoms with Crippen LogP contribution < -0.4 is 10.5 Å². The standard InChI is InChI=1S/C15H24N2O/c1-17(2)10-13(16)11-18-15-9-5-7-12-6-3-4-8-14(12)15/h5,7,9,13H,3-4,6,8,10-11,16H2,1-2H3. The second-order valence-electron chi connectivity index (χ2n) is 5.43. The number of nitrogens with zero attached hydrogens (tertiary/aromatic N) is 1. The number of hydrogen-bond donors (Lipinski definition) is 1. The number of rotatable bonds is 5. The molecule has 3 heteroatoms. The molecular weight excluding hydrogens is 224 g/mol. The molecule has 0 aliphatic heterocycles. The molecule has 0 heterocycles. The summed E-state index contributed by atoms with van der Waals surface area (Å²) in [7, 11) is 4.06. The van der Waals surface area contributed by atoms with Gasteiger partial charge >= 0.3 is 0 Å². The first kappa shape index (κ1) is 13.4. The van der Waals surface area contributed by atoms with Crippen LogP contribution in [0.25, 0.3) is 0 Å². The minimum atomic E-state index is 0.0689. The topological polar surface area (TPSA) is 38.5 Å². The first-order chi connectivity index (χ1) is 8.66. The Labute approximate surface area is 110 Å². The first-order valence-electron chi connectivity index (χ1n) is 6.80. The van der Waals surface area contributed by atoms with Crippen LogP contribution >= 0.6 is 0 Å². The molecule has 0 aromatic heterocycles. The van der Waals surface area contributed by atoms with Crippen molar-refractivity contribution in [3.8, 4) is 5.75 Å². The van der Waals surface area contributed by atoms with Crippen molar-refractivity contribution in [3.63, 3.8) is 0 Å². The van der Waals surface area contributed by atoms with Crippen molar-refractivity contribution in [1.82, 2.24) is 4.90 Å². The smallest absolute Gasteiger partial charge is 0.122 e. The molecule has 0 bridgehead atoms. The van der Waals surface area contributed by atoms with Crippen molar-refractivity contribution in [3.05, 3.63) is 29.3 Å². The summed E-state index contributed by atoms with van der Waals surface area (Å²) in [5.41, 5.74) is 8.89. The number of aryl methyl sites for hydroxylation is 1. The average Bonchev–Trinajstić information content (AvgIpc) is 2.35. The van der Waals surface area contributed by atoms with E-state index in [1.807, 2.05) is 14.1 Å². The highest BCUT2D eigenvalue weighted by atomic mass is 16.5. The molecule has 1 aromatic carbocycles. The molecule has 100 valence electrons. The van der Waals surface area contributed by atoms with E-state index in [1.165, 1.54) is 30.4 Å². The Morgan fingerprint density at radius 3 is 2.83 bits per heavy atom. The van der Waals surface area contributed by atoms with E-state index in [0.29, 0.717) is 6.61 Å². The molecule has 0 saturated heterocycles. The van der Waals surface area contributed by atoms with Crippen LogP contribution in [0.2, 0.25) is 0 Å². The average molecular weight is 248 g/mol. The maximum atomic E-state index is 6.03. The van der Waals surface area contributed by atoms with Crippen molar-refractivity contribution in [2.24, 2.45) is 5.73 Å². The Morgan fingerprint density at radius 1 is 1.28 bits per heavy atom. The highest BCUT2D eigenvalue weighted by Gasteiger charge is 2.14. The zero-order valence-electron chi connectivity index (χ0n) is 11.5. The molecule has 0 saturated carbocycles. The van der Waals surface area contributed by atoms with Crippen LogP contribution in [0.5, 0.6) is 5.75 Å². The summed E-state index contributed by atoms with van der Waals surface area (Å²) in [6.07, 6.45) is 4.92. The van der Waals surface area contributed by atoms with Gasteiger partial charge in [0.2, 0.25) is 0 Å². The minimum absolute atomic E-state index is 0.0689. The van der Waals surface area contributed by atoms with Crippen molar-refractivity contribution < 1.29 is 4.74 Å². The first-order valence-corrected chi connectivity index (χ1v) is 6.80. The van der Waals surface area contributed by atoms with E-state index in [1.54, 1.807) is 0 Å². The summed E-state index contributed by atoms with van der Waals surface area (Å²) in [6.45, 7) is 1.45. The summed E-state index contributed by atoms with van der Waals surface area (Å²) in [4.78, 5) is 2.09. The summed E-state index contributed by atoms with van der Waals surface area (Å²) in [5, 5.41) is 0. The van der Waals surface area contributed by atoms with Gasteiger partial charge in [-0.25, -0.2) is 0 Å². The molecule has 0 fully saturated rings. The van der Waals surface area contributed by atoms with Gasteiger partial charge in [-0.05, 0) is 57.0 Å². The molecule has 0 amide bonds. The van der Waals surface area contributed by atoms with E-state index in [2.05, 4.69) is 23.1 Å². The van der Waals surface area contributed by atoms with Gasteiger partial charge in [-0.2, -0.15) is 0 Å². The fourth-order valence-electron chi connectivity index (χ4n) is 2.60. The molecule has 2 N–H and O–H groups in total. The molecule has 2 rings (SSSR count). The zero-order valence-corrected chi connectivity index (χ0v) is 11.5. The summed E-state index contributed by atoms with van der Waals surface area (Å²) < 4.78 is 5.92. The lowest BCUT2D eigenvalue weighted by atomic mass is 9.91. The maximum Gasteiger partial charge on any atom is 0.122 e. The van der Waals surface area contributed by atoms with E-state index in [0.717, 1.165) is 18.7 Å². The van der Waals surface area contributed by atoms with Gasteiger partial charge in [0.15, 0.2) is 0 Å². The number of nitrogens with two attached hydrogens (primary N) is 1. The van der Waals surface area contributed by atoms with E-state index < -0.39 is 0 Å². The van der Waals surface area contributed by atoms with E-state index >= 15 is 0 Å². The SMILES string of the molecule is CN(C)CC(N)COc1cccc2c1CCCC2. The predicted octanol–water partition coefficient (Wildman–Crippen LogP) is 1.83. The Hall–Kier alpha value is -1.06. The van der Waals surface area contributed by atoms with Crippen LogP contribution in [0.3, 0.4) is 0 Å². The third kappa shape index (κ3) is 3.47. The summed E-state index contributed by atoms with van der Waals surface area (Å²) in [6, 6.07) is 6.46. The molecule has 3 nitrogen and oxygen atoms in total. The molecule has 1 unspecified atom stereocenters. The predicted molar refractivity (Wildman–Crippen MR) is 75.1 cm³/mol. The quantitative estimate of drug-likeness (QED) is 0.864. The van der Waals surface area contributed by atoms with Gasteiger partial charge in [0, 0.05) is 6.54 Å². The molecular formula is C15H24N2O. The molecule has 1 aliphatic rings. The molecule has 1 atom stereocenters. The van der Waals surface area contributed by atoms with Crippen LogP contribution in [0.1, 0.15) is 24.0 Å². The van der Waals surface area contributed by atoms with Crippen molar-refractivity contribution in [2.45, 2.75) is 31.7 Å². The lowest BCUT2D eigenvalue weighted by molar-refractivity contribution is 0.252. The fourth-order valence-corrected chi connectivity index (χ4v) is 2.60. The minimum Gasteiger partial charge on any atom is -0.492 e. The number of likely N-dealkylation sites (N-methyl/N-ethyl adjacent to an activating group) is 1.